The first-order valence-electron chi connectivity index (χ1n) is 4.25. The van der Waals surface area contributed by atoms with Gasteiger partial charge in [-0.2, -0.15) is 0 Å². The Morgan fingerprint density at radius 2 is 2.36 bits per heavy atom. The van der Waals surface area contributed by atoms with Gasteiger partial charge in [-0.05, 0) is 25.1 Å². The molecule has 0 bridgehead atoms. The molecule has 14 heavy (non-hydrogen) atoms. The molecule has 1 aromatic rings. The fourth-order valence-corrected chi connectivity index (χ4v) is 1.12. The minimum Gasteiger partial charge on any atom is -0.494 e. The monoisotopic (exact) mass is 194 g/mol. The molecule has 1 rings (SSSR count). The minimum absolute atomic E-state index is 0.314. The van der Waals surface area contributed by atoms with Crippen molar-refractivity contribution in [1.29, 1.82) is 0 Å². The van der Waals surface area contributed by atoms with Crippen molar-refractivity contribution >= 4 is 12.0 Å². The van der Waals surface area contributed by atoms with Gasteiger partial charge in [0.05, 0.1) is 6.61 Å². The van der Waals surface area contributed by atoms with Gasteiger partial charge in [-0.15, -0.1) is 0 Å². The highest BCUT2D eigenvalue weighted by atomic mass is 19.1. The molecule has 0 aliphatic rings. The molecule has 0 spiro atoms. The van der Waals surface area contributed by atoms with Crippen LogP contribution in [-0.2, 0) is 4.74 Å². The Morgan fingerprint density at radius 1 is 1.64 bits per heavy atom. The van der Waals surface area contributed by atoms with Gasteiger partial charge in [0.2, 0.25) is 0 Å². The number of rotatable bonds is 4. The van der Waals surface area contributed by atoms with Crippen molar-refractivity contribution in [2.24, 2.45) is 0 Å². The van der Waals surface area contributed by atoms with E-state index in [0.29, 0.717) is 29.8 Å². The van der Waals surface area contributed by atoms with E-state index < -0.39 is 5.82 Å². The van der Waals surface area contributed by atoms with Crippen LogP contribution in [0.15, 0.2) is 24.8 Å². The maximum Gasteiger partial charge on any atom is 0.150 e. The zero-order valence-corrected chi connectivity index (χ0v) is 7.92. The van der Waals surface area contributed by atoms with Gasteiger partial charge >= 0.3 is 0 Å². The number of ether oxygens (including phenoxy) is 1. The first-order valence-corrected chi connectivity index (χ1v) is 4.25. The van der Waals surface area contributed by atoms with Crippen molar-refractivity contribution in [3.05, 3.63) is 41.7 Å². The highest BCUT2D eigenvalue weighted by Crippen LogP contribution is 2.18. The lowest BCUT2D eigenvalue weighted by Crippen LogP contribution is -1.96. The van der Waals surface area contributed by atoms with Crippen LogP contribution in [0.2, 0.25) is 0 Å². The second-order valence-corrected chi connectivity index (χ2v) is 2.71. The van der Waals surface area contributed by atoms with Crippen molar-refractivity contribution < 1.29 is 13.9 Å². The molecule has 0 aliphatic carbocycles. The van der Waals surface area contributed by atoms with Crippen LogP contribution in [0.4, 0.5) is 4.39 Å². The van der Waals surface area contributed by atoms with E-state index in [1.54, 1.807) is 6.92 Å². The van der Waals surface area contributed by atoms with E-state index in [1.807, 2.05) is 0 Å². The molecular weight excluding hydrogens is 183 g/mol. The average Bonchev–Trinajstić information content (AvgIpc) is 2.18. The van der Waals surface area contributed by atoms with E-state index in [2.05, 4.69) is 6.58 Å². The van der Waals surface area contributed by atoms with Crippen LogP contribution < -0.4 is 0 Å². The number of aldehydes is 1. The third-order valence-electron chi connectivity index (χ3n) is 1.76. The van der Waals surface area contributed by atoms with Gasteiger partial charge in [0.1, 0.15) is 11.6 Å². The predicted molar refractivity (Wildman–Crippen MR) is 52.4 cm³/mol. The Labute approximate surface area is 82.0 Å². The quantitative estimate of drug-likeness (QED) is 0.544. The van der Waals surface area contributed by atoms with Gasteiger partial charge in [-0.3, -0.25) is 4.79 Å². The third kappa shape index (κ3) is 2.19. The number of carbonyl (C=O) groups is 1. The van der Waals surface area contributed by atoms with Crippen molar-refractivity contribution in [1.82, 2.24) is 0 Å². The molecule has 1 aromatic carbocycles. The molecule has 0 saturated carbocycles. The number of carbonyl (C=O) groups excluding carboxylic acids is 1. The molecule has 0 atom stereocenters. The summed E-state index contributed by atoms with van der Waals surface area (Å²) >= 11 is 0. The summed E-state index contributed by atoms with van der Waals surface area (Å²) in [5.41, 5.74) is 0.784. The molecule has 3 heteroatoms. The summed E-state index contributed by atoms with van der Waals surface area (Å²) in [6.07, 6.45) is 0.652. The molecule has 0 fully saturated rings. The lowest BCUT2D eigenvalue weighted by atomic mass is 10.1. The maximum atomic E-state index is 12.9. The maximum absolute atomic E-state index is 12.9. The van der Waals surface area contributed by atoms with E-state index in [-0.39, 0.29) is 0 Å². The number of hydrogen-bond donors (Lipinski definition) is 0. The molecule has 0 heterocycles. The van der Waals surface area contributed by atoms with Gasteiger partial charge in [0, 0.05) is 11.1 Å². The summed E-state index contributed by atoms with van der Waals surface area (Å²) in [7, 11) is 0. The van der Waals surface area contributed by atoms with Crippen LogP contribution in [0, 0.1) is 5.82 Å². The fourth-order valence-electron chi connectivity index (χ4n) is 1.12. The molecule has 2 nitrogen and oxygen atoms in total. The molecule has 0 radical (unpaired) electrons. The summed E-state index contributed by atoms with van der Waals surface area (Å²) in [5, 5.41) is 0. The van der Waals surface area contributed by atoms with Gasteiger partial charge < -0.3 is 4.74 Å². The number of benzene rings is 1. The summed E-state index contributed by atoms with van der Waals surface area (Å²) < 4.78 is 18.0. The van der Waals surface area contributed by atoms with Crippen LogP contribution in [0.5, 0.6) is 0 Å². The molecule has 0 N–H and O–H groups in total. The van der Waals surface area contributed by atoms with Crippen LogP contribution in [0.1, 0.15) is 22.8 Å². The van der Waals surface area contributed by atoms with E-state index in [1.165, 1.54) is 18.2 Å². The highest BCUT2D eigenvalue weighted by molar-refractivity contribution is 5.83. The van der Waals surface area contributed by atoms with E-state index in [0.717, 1.165) is 0 Å². The van der Waals surface area contributed by atoms with Gasteiger partial charge in [-0.25, -0.2) is 4.39 Å². The van der Waals surface area contributed by atoms with Crippen molar-refractivity contribution in [2.45, 2.75) is 6.92 Å². The summed E-state index contributed by atoms with van der Waals surface area (Å²) in [4.78, 5) is 10.6. The van der Waals surface area contributed by atoms with Gasteiger partial charge in [0.15, 0.2) is 6.29 Å². The second-order valence-electron chi connectivity index (χ2n) is 2.71. The van der Waals surface area contributed by atoms with Crippen LogP contribution >= 0.6 is 0 Å². The molecular formula is C11H11FO2. The van der Waals surface area contributed by atoms with E-state index in [9.17, 15) is 9.18 Å². The topological polar surface area (TPSA) is 26.3 Å². The van der Waals surface area contributed by atoms with Crippen LogP contribution in [-0.4, -0.2) is 12.9 Å². The summed E-state index contributed by atoms with van der Waals surface area (Å²) in [6, 6.07) is 3.87. The van der Waals surface area contributed by atoms with Crippen molar-refractivity contribution in [2.75, 3.05) is 6.61 Å². The van der Waals surface area contributed by atoms with Crippen LogP contribution in [0.3, 0.4) is 0 Å². The fraction of sp³-hybridized carbons (Fsp3) is 0.182. The SMILES string of the molecule is C=C(OCC)c1cc(F)ccc1C=O. The molecule has 0 saturated heterocycles. The molecule has 74 valence electrons. The average molecular weight is 194 g/mol. The van der Waals surface area contributed by atoms with Crippen molar-refractivity contribution in [3.63, 3.8) is 0 Å². The third-order valence-corrected chi connectivity index (χ3v) is 1.76. The summed E-state index contributed by atoms with van der Waals surface area (Å²) in [6.45, 7) is 5.85. The first-order chi connectivity index (χ1) is 6.69. The van der Waals surface area contributed by atoms with Crippen LogP contribution in [0.25, 0.3) is 5.76 Å². The van der Waals surface area contributed by atoms with Gasteiger partial charge in [-0.1, -0.05) is 6.58 Å². The molecule has 0 unspecified atom stereocenters. The highest BCUT2D eigenvalue weighted by Gasteiger charge is 2.07. The van der Waals surface area contributed by atoms with Crippen molar-refractivity contribution in [3.8, 4) is 0 Å². The molecule has 0 aliphatic heterocycles. The summed E-state index contributed by atoms with van der Waals surface area (Å²) in [5.74, 6) is -0.0967. The van der Waals surface area contributed by atoms with Gasteiger partial charge in [0.25, 0.3) is 0 Å². The molecule has 0 amide bonds. The zero-order valence-electron chi connectivity index (χ0n) is 7.92. The first kappa shape index (κ1) is 10.4. The van der Waals surface area contributed by atoms with E-state index in [4.69, 9.17) is 4.74 Å². The Morgan fingerprint density at radius 3 is 2.93 bits per heavy atom. The number of halogens is 1. The normalized spacial score (nSPS) is 9.57. The smallest absolute Gasteiger partial charge is 0.150 e. The zero-order chi connectivity index (χ0) is 10.6. The second kappa shape index (κ2) is 4.56. The van der Waals surface area contributed by atoms with E-state index >= 15 is 0 Å². The number of hydrogen-bond acceptors (Lipinski definition) is 2. The minimum atomic E-state index is -0.411. The Hall–Kier alpha value is -1.64. The molecule has 0 aromatic heterocycles. The Balaban J connectivity index is 3.10. The Kier molecular flexibility index (Phi) is 3.40. The lowest BCUT2D eigenvalue weighted by Gasteiger charge is -2.08. The standard InChI is InChI=1S/C11H11FO2/c1-3-14-8(2)11-6-10(12)5-4-9(11)7-13/h4-7H,2-3H2,1H3. The lowest BCUT2D eigenvalue weighted by molar-refractivity contribution is 0.112. The predicted octanol–water partition coefficient (Wildman–Crippen LogP) is 2.65. The largest absolute Gasteiger partial charge is 0.494 e. The Bertz CT molecular complexity index is 358.